The standard InChI is InChI=1S/C13H15NO4/c1-18-11-5-3-2-4-9(11)7-14-8-10(13(16)17)6-12(14)15/h2-5,10H,6-8H2,1H3,(H,16,17)/t10-/m1/s1. The molecule has 0 saturated carbocycles. The predicted octanol–water partition coefficient (Wildman–Crippen LogP) is 1.13. The SMILES string of the molecule is COc1ccccc1CN1C[C@H](C(=O)O)CC1=O. The van der Waals surface area contributed by atoms with Gasteiger partial charge in [-0.1, -0.05) is 18.2 Å². The van der Waals surface area contributed by atoms with Crippen LogP contribution in [-0.4, -0.2) is 35.5 Å². The molecular formula is C13H15NO4. The third-order valence-corrected chi connectivity index (χ3v) is 3.12. The number of para-hydroxylation sites is 1. The van der Waals surface area contributed by atoms with Crippen LogP contribution in [-0.2, 0) is 16.1 Å². The Balaban J connectivity index is 2.10. The van der Waals surface area contributed by atoms with E-state index in [2.05, 4.69) is 0 Å². The van der Waals surface area contributed by atoms with Gasteiger partial charge in [0.2, 0.25) is 5.91 Å². The summed E-state index contributed by atoms with van der Waals surface area (Å²) in [5.74, 6) is -0.907. The molecule has 1 aliphatic rings. The fourth-order valence-corrected chi connectivity index (χ4v) is 2.13. The number of carbonyl (C=O) groups excluding carboxylic acids is 1. The molecule has 96 valence electrons. The van der Waals surface area contributed by atoms with Gasteiger partial charge < -0.3 is 14.7 Å². The Morgan fingerprint density at radius 3 is 2.83 bits per heavy atom. The van der Waals surface area contributed by atoms with Crippen molar-refractivity contribution in [3.8, 4) is 5.75 Å². The summed E-state index contributed by atoms with van der Waals surface area (Å²) in [7, 11) is 1.57. The van der Waals surface area contributed by atoms with Crippen molar-refractivity contribution in [3.05, 3.63) is 29.8 Å². The molecule has 5 heteroatoms. The van der Waals surface area contributed by atoms with Gasteiger partial charge in [-0.2, -0.15) is 0 Å². The first-order valence-electron chi connectivity index (χ1n) is 5.74. The highest BCUT2D eigenvalue weighted by Crippen LogP contribution is 2.24. The number of hydrogen-bond acceptors (Lipinski definition) is 3. The van der Waals surface area contributed by atoms with E-state index in [0.29, 0.717) is 12.3 Å². The monoisotopic (exact) mass is 249 g/mol. The van der Waals surface area contributed by atoms with Crippen LogP contribution >= 0.6 is 0 Å². The van der Waals surface area contributed by atoms with Crippen molar-refractivity contribution in [2.45, 2.75) is 13.0 Å². The normalized spacial score (nSPS) is 19.1. The predicted molar refractivity (Wildman–Crippen MR) is 64.2 cm³/mol. The molecule has 1 aromatic carbocycles. The highest BCUT2D eigenvalue weighted by atomic mass is 16.5. The lowest BCUT2D eigenvalue weighted by Gasteiger charge is -2.17. The number of methoxy groups -OCH3 is 1. The van der Waals surface area contributed by atoms with Crippen LogP contribution in [0.4, 0.5) is 0 Å². The first-order chi connectivity index (χ1) is 8.61. The minimum atomic E-state index is -0.911. The lowest BCUT2D eigenvalue weighted by molar-refractivity contribution is -0.141. The maximum absolute atomic E-state index is 11.7. The van der Waals surface area contributed by atoms with E-state index in [1.165, 1.54) is 0 Å². The Hall–Kier alpha value is -2.04. The number of carboxylic acid groups (broad SMARTS) is 1. The van der Waals surface area contributed by atoms with Crippen molar-refractivity contribution in [3.63, 3.8) is 0 Å². The lowest BCUT2D eigenvalue weighted by Crippen LogP contribution is -2.25. The second-order valence-electron chi connectivity index (χ2n) is 4.33. The smallest absolute Gasteiger partial charge is 0.308 e. The van der Waals surface area contributed by atoms with Gasteiger partial charge in [-0.3, -0.25) is 9.59 Å². The van der Waals surface area contributed by atoms with Crippen LogP contribution < -0.4 is 4.74 Å². The largest absolute Gasteiger partial charge is 0.496 e. The van der Waals surface area contributed by atoms with Gasteiger partial charge >= 0.3 is 5.97 Å². The summed E-state index contributed by atoms with van der Waals surface area (Å²) in [4.78, 5) is 24.1. The highest BCUT2D eigenvalue weighted by molar-refractivity contribution is 5.86. The van der Waals surface area contributed by atoms with Crippen molar-refractivity contribution >= 4 is 11.9 Å². The fourth-order valence-electron chi connectivity index (χ4n) is 2.13. The van der Waals surface area contributed by atoms with Crippen molar-refractivity contribution in [1.29, 1.82) is 0 Å². The van der Waals surface area contributed by atoms with Crippen LogP contribution in [0.2, 0.25) is 0 Å². The van der Waals surface area contributed by atoms with Crippen molar-refractivity contribution in [1.82, 2.24) is 4.90 Å². The Morgan fingerprint density at radius 1 is 1.50 bits per heavy atom. The zero-order valence-corrected chi connectivity index (χ0v) is 10.1. The van der Waals surface area contributed by atoms with Gasteiger partial charge in [-0.05, 0) is 6.07 Å². The molecular weight excluding hydrogens is 234 g/mol. The zero-order chi connectivity index (χ0) is 13.1. The molecule has 0 spiro atoms. The molecule has 1 amide bonds. The van der Waals surface area contributed by atoms with Gasteiger partial charge in [0.1, 0.15) is 5.75 Å². The summed E-state index contributed by atoms with van der Waals surface area (Å²) in [6, 6.07) is 7.42. The third kappa shape index (κ3) is 2.45. The molecule has 18 heavy (non-hydrogen) atoms. The maximum atomic E-state index is 11.7. The Kier molecular flexibility index (Phi) is 3.50. The minimum absolute atomic E-state index is 0.0878. The van der Waals surface area contributed by atoms with E-state index in [4.69, 9.17) is 9.84 Å². The Bertz CT molecular complexity index is 472. The van der Waals surface area contributed by atoms with Crippen LogP contribution in [0.15, 0.2) is 24.3 Å². The maximum Gasteiger partial charge on any atom is 0.308 e. The summed E-state index contributed by atoms with van der Waals surface area (Å²) >= 11 is 0. The molecule has 1 aliphatic heterocycles. The molecule has 0 bridgehead atoms. The molecule has 2 rings (SSSR count). The van der Waals surface area contributed by atoms with E-state index in [-0.39, 0.29) is 18.9 Å². The van der Waals surface area contributed by atoms with Crippen LogP contribution in [0.5, 0.6) is 5.75 Å². The Morgan fingerprint density at radius 2 is 2.22 bits per heavy atom. The molecule has 1 heterocycles. The summed E-state index contributed by atoms with van der Waals surface area (Å²) in [5, 5.41) is 8.91. The second kappa shape index (κ2) is 5.08. The van der Waals surface area contributed by atoms with Crippen LogP contribution in [0.25, 0.3) is 0 Å². The van der Waals surface area contributed by atoms with Crippen molar-refractivity contribution in [2.24, 2.45) is 5.92 Å². The summed E-state index contributed by atoms with van der Waals surface area (Å²) in [6.07, 6.45) is 0.0878. The van der Waals surface area contributed by atoms with Crippen LogP contribution in [0.3, 0.4) is 0 Å². The molecule has 1 saturated heterocycles. The lowest BCUT2D eigenvalue weighted by atomic mass is 10.1. The molecule has 1 atom stereocenters. The summed E-state index contributed by atoms with van der Waals surface area (Å²) in [6.45, 7) is 0.666. The van der Waals surface area contributed by atoms with Gasteiger partial charge in [0.05, 0.1) is 13.0 Å². The number of nitrogens with zero attached hydrogens (tertiary/aromatic N) is 1. The summed E-state index contributed by atoms with van der Waals surface area (Å²) in [5.41, 5.74) is 0.888. The minimum Gasteiger partial charge on any atom is -0.496 e. The molecule has 0 radical (unpaired) electrons. The number of carbonyl (C=O) groups is 2. The van der Waals surface area contributed by atoms with Crippen molar-refractivity contribution in [2.75, 3.05) is 13.7 Å². The van der Waals surface area contributed by atoms with Crippen molar-refractivity contribution < 1.29 is 19.4 Å². The number of hydrogen-bond donors (Lipinski definition) is 1. The van der Waals surface area contributed by atoms with Gasteiger partial charge in [0.25, 0.3) is 0 Å². The van der Waals surface area contributed by atoms with E-state index >= 15 is 0 Å². The number of ether oxygens (including phenoxy) is 1. The van der Waals surface area contributed by atoms with Crippen LogP contribution in [0, 0.1) is 5.92 Å². The summed E-state index contributed by atoms with van der Waals surface area (Å²) < 4.78 is 5.21. The number of likely N-dealkylation sites (tertiary alicyclic amines) is 1. The number of carboxylic acids is 1. The van der Waals surface area contributed by atoms with E-state index in [9.17, 15) is 9.59 Å². The second-order valence-corrected chi connectivity index (χ2v) is 4.33. The van der Waals surface area contributed by atoms with Gasteiger partial charge in [-0.15, -0.1) is 0 Å². The van der Waals surface area contributed by atoms with E-state index in [0.717, 1.165) is 5.56 Å². The quantitative estimate of drug-likeness (QED) is 0.868. The average Bonchev–Trinajstić information content (AvgIpc) is 2.72. The van der Waals surface area contributed by atoms with E-state index in [1.807, 2.05) is 24.3 Å². The molecule has 0 aromatic heterocycles. The first-order valence-corrected chi connectivity index (χ1v) is 5.74. The number of amides is 1. The molecule has 1 aromatic rings. The number of rotatable bonds is 4. The molecule has 1 fully saturated rings. The third-order valence-electron chi connectivity index (χ3n) is 3.12. The topological polar surface area (TPSA) is 66.8 Å². The molecule has 0 aliphatic carbocycles. The Labute approximate surface area is 105 Å². The van der Waals surface area contributed by atoms with Gasteiger partial charge in [0, 0.05) is 25.1 Å². The molecule has 1 N–H and O–H groups in total. The molecule has 0 unspecified atom stereocenters. The average molecular weight is 249 g/mol. The van der Waals surface area contributed by atoms with E-state index in [1.54, 1.807) is 12.0 Å². The van der Waals surface area contributed by atoms with Crippen LogP contribution in [0.1, 0.15) is 12.0 Å². The van der Waals surface area contributed by atoms with Gasteiger partial charge in [-0.25, -0.2) is 0 Å². The molecule has 5 nitrogen and oxygen atoms in total. The van der Waals surface area contributed by atoms with Gasteiger partial charge in [0.15, 0.2) is 0 Å². The fraction of sp³-hybridized carbons (Fsp3) is 0.385. The highest BCUT2D eigenvalue weighted by Gasteiger charge is 2.34. The zero-order valence-electron chi connectivity index (χ0n) is 10.1. The van der Waals surface area contributed by atoms with E-state index < -0.39 is 11.9 Å². The number of benzene rings is 1. The number of aliphatic carboxylic acids is 1. The first kappa shape index (κ1) is 12.4.